The summed E-state index contributed by atoms with van der Waals surface area (Å²) in [5.74, 6) is -3.64. The van der Waals surface area contributed by atoms with Crippen molar-refractivity contribution in [1.82, 2.24) is 0 Å². The maximum atomic E-state index is 13.5. The van der Waals surface area contributed by atoms with Crippen LogP contribution in [-0.2, 0) is 9.53 Å². The van der Waals surface area contributed by atoms with Crippen molar-refractivity contribution in [3.05, 3.63) is 11.1 Å². The molecule has 4 aliphatic carbocycles. The number of carbonyl (C=O) groups is 1. The smallest absolute Gasteiger partial charge is 0.413 e. The molecule has 4 bridgehead atoms. The molecule has 0 amide bonds. The fourth-order valence-electron chi connectivity index (χ4n) is 6.73. The predicted molar refractivity (Wildman–Crippen MR) is 74.1 cm³/mol. The van der Waals surface area contributed by atoms with Crippen molar-refractivity contribution in [2.75, 3.05) is 0 Å². The molecule has 4 aliphatic rings. The molecule has 140 valence electrons. The second-order valence-electron chi connectivity index (χ2n) is 8.09. The summed E-state index contributed by atoms with van der Waals surface area (Å²) >= 11 is 0. The first kappa shape index (κ1) is 17.2. The van der Waals surface area contributed by atoms with Crippen molar-refractivity contribution in [3.63, 3.8) is 0 Å². The molecule has 0 aliphatic heterocycles. The van der Waals surface area contributed by atoms with E-state index in [2.05, 4.69) is 0 Å². The van der Waals surface area contributed by atoms with E-state index in [-0.39, 0.29) is 18.3 Å². The molecule has 0 aromatic rings. The van der Waals surface area contributed by atoms with E-state index >= 15 is 0 Å². The first-order chi connectivity index (χ1) is 11.4. The number of hydrogen-bond acceptors (Lipinski definition) is 2. The Kier molecular flexibility index (Phi) is 3.26. The summed E-state index contributed by atoms with van der Waals surface area (Å²) in [5.41, 5.74) is -3.51. The van der Waals surface area contributed by atoms with Crippen LogP contribution in [0.5, 0.6) is 0 Å². The molecule has 8 heteroatoms. The second kappa shape index (κ2) is 4.74. The third-order valence-electron chi connectivity index (χ3n) is 7.22. The number of hydrogen-bond donors (Lipinski definition) is 0. The molecule has 0 N–H and O–H groups in total. The molecule has 0 spiro atoms. The Labute approximate surface area is 140 Å². The van der Waals surface area contributed by atoms with Gasteiger partial charge >= 0.3 is 18.3 Å². The van der Waals surface area contributed by atoms with Crippen molar-refractivity contribution >= 4 is 5.97 Å². The van der Waals surface area contributed by atoms with E-state index in [1.54, 1.807) is 6.92 Å². The summed E-state index contributed by atoms with van der Waals surface area (Å²) in [5, 5.41) is 0. The zero-order valence-corrected chi connectivity index (χ0v) is 13.7. The highest BCUT2D eigenvalue weighted by Crippen LogP contribution is 2.77. The molecule has 0 heterocycles. The lowest BCUT2D eigenvalue weighted by molar-refractivity contribution is -0.156. The Morgan fingerprint density at radius 3 is 2.16 bits per heavy atom. The van der Waals surface area contributed by atoms with Crippen molar-refractivity contribution in [1.29, 1.82) is 0 Å². The summed E-state index contributed by atoms with van der Waals surface area (Å²) in [4.78, 5) is 11.3. The number of alkyl halides is 6. The Morgan fingerprint density at radius 2 is 1.64 bits per heavy atom. The van der Waals surface area contributed by atoms with Crippen LogP contribution in [0.25, 0.3) is 0 Å². The molecule has 0 aromatic carbocycles. The maximum Gasteiger partial charge on any atom is 0.413 e. The van der Waals surface area contributed by atoms with Crippen LogP contribution >= 0.6 is 0 Å². The maximum absolute atomic E-state index is 13.5. The largest absolute Gasteiger partial charge is 0.462 e. The highest BCUT2D eigenvalue weighted by Gasteiger charge is 2.75. The van der Waals surface area contributed by atoms with Gasteiger partial charge in [-0.1, -0.05) is 6.92 Å². The van der Waals surface area contributed by atoms with Crippen LogP contribution < -0.4 is 0 Å². The fourth-order valence-corrected chi connectivity index (χ4v) is 6.73. The summed E-state index contributed by atoms with van der Waals surface area (Å²) in [6, 6.07) is 0. The molecular weight excluding hydrogens is 350 g/mol. The standard InChI is InChI=1S/C17H18F6O2/c1-6(24)25-11-4-7-3-8(11)12-9-5-10(15(7,12)2)14(17(21,22)23)13(9)16(18,19)20/h7-12H,3-5H2,1-2H3. The molecule has 2 nitrogen and oxygen atoms in total. The normalized spacial score (nSPS) is 45.3. The van der Waals surface area contributed by atoms with E-state index in [0.717, 1.165) is 0 Å². The number of ether oxygens (including phenoxy) is 1. The Hall–Kier alpha value is -1.21. The van der Waals surface area contributed by atoms with Crippen LogP contribution in [0, 0.1) is 35.0 Å². The van der Waals surface area contributed by atoms with Gasteiger partial charge in [0.2, 0.25) is 0 Å². The fraction of sp³-hybridized carbons (Fsp3) is 0.824. The predicted octanol–water partition coefficient (Wildman–Crippen LogP) is 4.65. The monoisotopic (exact) mass is 368 g/mol. The second-order valence-corrected chi connectivity index (χ2v) is 8.09. The SMILES string of the molecule is CC(=O)OC1CC2CC1C1C3CC(C(C(F)(F)F)=C3C(F)(F)F)C21C. The van der Waals surface area contributed by atoms with Crippen LogP contribution in [-0.4, -0.2) is 24.4 Å². The third-order valence-corrected chi connectivity index (χ3v) is 7.22. The van der Waals surface area contributed by atoms with Gasteiger partial charge in [-0.05, 0) is 48.3 Å². The summed E-state index contributed by atoms with van der Waals surface area (Å²) in [6.45, 7) is 2.96. The summed E-state index contributed by atoms with van der Waals surface area (Å²) in [7, 11) is 0. The first-order valence-corrected chi connectivity index (χ1v) is 8.42. The van der Waals surface area contributed by atoms with Gasteiger partial charge in [0.05, 0.1) is 0 Å². The van der Waals surface area contributed by atoms with Crippen molar-refractivity contribution in [2.24, 2.45) is 35.0 Å². The molecule has 0 radical (unpaired) electrons. The van der Waals surface area contributed by atoms with Gasteiger partial charge in [0.25, 0.3) is 0 Å². The molecular formula is C17H18F6O2. The minimum absolute atomic E-state index is 0.0926. The van der Waals surface area contributed by atoms with E-state index in [1.807, 2.05) is 0 Å². The Morgan fingerprint density at radius 1 is 1.04 bits per heavy atom. The quantitative estimate of drug-likeness (QED) is 0.291. The van der Waals surface area contributed by atoms with E-state index in [0.29, 0.717) is 12.8 Å². The zero-order chi connectivity index (χ0) is 18.5. The van der Waals surface area contributed by atoms with E-state index in [1.165, 1.54) is 6.92 Å². The molecule has 7 unspecified atom stereocenters. The molecule has 7 atom stereocenters. The van der Waals surface area contributed by atoms with Crippen molar-refractivity contribution in [2.45, 2.75) is 51.6 Å². The lowest BCUT2D eigenvalue weighted by Gasteiger charge is -2.48. The molecule has 0 saturated heterocycles. The van der Waals surface area contributed by atoms with E-state index in [9.17, 15) is 31.1 Å². The number of rotatable bonds is 1. The van der Waals surface area contributed by atoms with Crippen LogP contribution in [0.15, 0.2) is 11.1 Å². The molecule has 4 rings (SSSR count). The Bertz CT molecular complexity index is 663. The van der Waals surface area contributed by atoms with Gasteiger partial charge in [0.15, 0.2) is 0 Å². The van der Waals surface area contributed by atoms with Gasteiger partial charge in [0, 0.05) is 24.0 Å². The molecule has 3 fully saturated rings. The van der Waals surface area contributed by atoms with E-state index in [4.69, 9.17) is 4.74 Å². The Balaban J connectivity index is 1.79. The van der Waals surface area contributed by atoms with Crippen LogP contribution in [0.4, 0.5) is 26.3 Å². The number of carbonyl (C=O) groups excluding carboxylic acids is 1. The summed E-state index contributed by atoms with van der Waals surface area (Å²) < 4.78 is 86.2. The van der Waals surface area contributed by atoms with Crippen molar-refractivity contribution < 1.29 is 35.9 Å². The van der Waals surface area contributed by atoms with Gasteiger partial charge in [-0.25, -0.2) is 0 Å². The van der Waals surface area contributed by atoms with Gasteiger partial charge in [-0.2, -0.15) is 26.3 Å². The average molecular weight is 368 g/mol. The average Bonchev–Trinajstić information content (AvgIpc) is 3.10. The minimum atomic E-state index is -4.98. The van der Waals surface area contributed by atoms with Gasteiger partial charge in [-0.15, -0.1) is 0 Å². The summed E-state index contributed by atoms with van der Waals surface area (Å²) in [6.07, 6.45) is -9.51. The van der Waals surface area contributed by atoms with Crippen molar-refractivity contribution in [3.8, 4) is 0 Å². The van der Waals surface area contributed by atoms with Gasteiger partial charge in [-0.3, -0.25) is 4.79 Å². The lowest BCUT2D eigenvalue weighted by Crippen LogP contribution is -2.47. The number of fused-ring (bicyclic) bond motifs is 9. The molecule has 0 aromatic heterocycles. The minimum Gasteiger partial charge on any atom is -0.462 e. The highest BCUT2D eigenvalue weighted by atomic mass is 19.4. The molecule has 3 saturated carbocycles. The van der Waals surface area contributed by atoms with Crippen LogP contribution in [0.3, 0.4) is 0 Å². The van der Waals surface area contributed by atoms with Gasteiger partial charge in [0.1, 0.15) is 6.10 Å². The highest BCUT2D eigenvalue weighted by molar-refractivity contribution is 5.66. The van der Waals surface area contributed by atoms with Crippen LogP contribution in [0.2, 0.25) is 0 Å². The van der Waals surface area contributed by atoms with E-state index < -0.39 is 58.7 Å². The number of allylic oxidation sites excluding steroid dienone is 2. The topological polar surface area (TPSA) is 26.3 Å². The third kappa shape index (κ3) is 2.08. The molecule has 25 heavy (non-hydrogen) atoms. The number of esters is 1. The van der Waals surface area contributed by atoms with Crippen LogP contribution in [0.1, 0.15) is 33.1 Å². The zero-order valence-electron chi connectivity index (χ0n) is 13.7. The van der Waals surface area contributed by atoms with Gasteiger partial charge < -0.3 is 4.74 Å². The number of halogens is 6. The first-order valence-electron chi connectivity index (χ1n) is 8.42. The lowest BCUT2D eigenvalue weighted by atomic mass is 9.58.